The summed E-state index contributed by atoms with van der Waals surface area (Å²) in [5, 5.41) is 7.98. The molecule has 9 heteroatoms. The Kier molecular flexibility index (Phi) is 4.84. The fourth-order valence-corrected chi connectivity index (χ4v) is 3.53. The van der Waals surface area contributed by atoms with Gasteiger partial charge in [0, 0.05) is 37.8 Å². The number of ketones is 1. The lowest BCUT2D eigenvalue weighted by Crippen LogP contribution is -2.28. The summed E-state index contributed by atoms with van der Waals surface area (Å²) < 4.78 is 9.46. The Morgan fingerprint density at radius 2 is 2.23 bits per heavy atom. The second kappa shape index (κ2) is 7.94. The van der Waals surface area contributed by atoms with Crippen molar-refractivity contribution in [2.24, 2.45) is 9.98 Å². The predicted octanol–water partition coefficient (Wildman–Crippen LogP) is 2.43. The third-order valence-corrected chi connectivity index (χ3v) is 5.01. The molecule has 3 aromatic rings. The zero-order valence-corrected chi connectivity index (χ0v) is 16.4. The first-order valence-electron chi connectivity index (χ1n) is 9.95. The number of aromatic nitrogens is 4. The molecule has 4 heterocycles. The number of nitrogens with one attached hydrogen (secondary N) is 1. The van der Waals surface area contributed by atoms with Crippen molar-refractivity contribution in [2.75, 3.05) is 25.0 Å². The molecule has 0 atom stereocenters. The summed E-state index contributed by atoms with van der Waals surface area (Å²) in [6.45, 7) is 2.69. The minimum atomic E-state index is -0.0654. The molecule has 0 saturated carbocycles. The Hall–Kier alpha value is -3.75. The Balaban J connectivity index is 1.43. The van der Waals surface area contributed by atoms with Gasteiger partial charge in [-0.2, -0.15) is 0 Å². The number of imidazole rings is 1. The molecule has 0 saturated heterocycles. The molecule has 0 amide bonds. The maximum Gasteiger partial charge on any atom is 0.187 e. The molecule has 1 aliphatic carbocycles. The van der Waals surface area contributed by atoms with Crippen LogP contribution in [0.25, 0.3) is 5.52 Å². The van der Waals surface area contributed by atoms with Crippen LogP contribution in [0.2, 0.25) is 0 Å². The van der Waals surface area contributed by atoms with Crippen LogP contribution in [0.5, 0.6) is 0 Å². The molecule has 1 aliphatic heterocycles. The molecular weight excluding hydrogens is 382 g/mol. The van der Waals surface area contributed by atoms with Gasteiger partial charge in [-0.05, 0) is 18.6 Å². The molecule has 0 spiro atoms. The van der Waals surface area contributed by atoms with Crippen molar-refractivity contribution >= 4 is 34.2 Å². The summed E-state index contributed by atoms with van der Waals surface area (Å²) in [4.78, 5) is 25.8. The summed E-state index contributed by atoms with van der Waals surface area (Å²) in [6, 6.07) is 5.78. The van der Waals surface area contributed by atoms with Gasteiger partial charge in [0.1, 0.15) is 23.8 Å². The molecule has 5 rings (SSSR count). The molecule has 9 nitrogen and oxygen atoms in total. The molecular formula is C21H21N7O2. The number of pyridine rings is 1. The van der Waals surface area contributed by atoms with Crippen molar-refractivity contribution < 1.29 is 9.53 Å². The quantitative estimate of drug-likeness (QED) is 0.638. The number of Topliss-reactive ketones (excluding diaryl/α,β-unsaturated/α-hetero) is 1. The van der Waals surface area contributed by atoms with Crippen LogP contribution in [0.15, 0.2) is 64.9 Å². The molecule has 1 N–H and O–H groups in total. The van der Waals surface area contributed by atoms with Crippen molar-refractivity contribution in [1.82, 2.24) is 19.2 Å². The standard InChI is InChI=1S/C21H21N7O2/c29-18-12-16-19(30-11-7-23-16)13-15(18)25-20-17-4-1-2-9-28(17)26-21(20)24-5-3-8-27-10-6-22-14-27/h1-2,4,6,9-10,13-14H,3,5,7-8,11-12H2,(H,24,26). The van der Waals surface area contributed by atoms with Crippen LogP contribution in [0.1, 0.15) is 12.8 Å². The lowest BCUT2D eigenvalue weighted by atomic mass is 10.00. The SMILES string of the molecule is O=C1CC2=NCCOC2=CC1=Nc1c(NCCCn2ccnc2)nn2ccccc12. The molecule has 0 aromatic carbocycles. The molecule has 2 aliphatic rings. The number of allylic oxidation sites excluding steroid dienone is 2. The maximum absolute atomic E-state index is 12.6. The first kappa shape index (κ1) is 18.3. The van der Waals surface area contributed by atoms with Crippen LogP contribution >= 0.6 is 0 Å². The van der Waals surface area contributed by atoms with Gasteiger partial charge in [0.15, 0.2) is 11.6 Å². The molecule has 152 valence electrons. The number of hydrogen-bond donors (Lipinski definition) is 1. The van der Waals surface area contributed by atoms with Gasteiger partial charge in [-0.25, -0.2) is 14.5 Å². The van der Waals surface area contributed by atoms with Gasteiger partial charge in [-0.3, -0.25) is 9.79 Å². The van der Waals surface area contributed by atoms with Crippen LogP contribution in [-0.4, -0.2) is 56.1 Å². The van der Waals surface area contributed by atoms with Gasteiger partial charge in [0.2, 0.25) is 0 Å². The average Bonchev–Trinajstić information content (AvgIpc) is 3.40. The van der Waals surface area contributed by atoms with E-state index in [1.807, 2.05) is 35.2 Å². The summed E-state index contributed by atoms with van der Waals surface area (Å²) >= 11 is 0. The number of carbonyl (C=O) groups excluding carboxylic acids is 1. The second-order valence-electron chi connectivity index (χ2n) is 7.09. The summed E-state index contributed by atoms with van der Waals surface area (Å²) in [7, 11) is 0. The van der Waals surface area contributed by atoms with E-state index in [4.69, 9.17) is 9.73 Å². The number of aliphatic imine (C=N–C) groups is 2. The van der Waals surface area contributed by atoms with E-state index in [2.05, 4.69) is 20.4 Å². The third kappa shape index (κ3) is 3.61. The van der Waals surface area contributed by atoms with E-state index in [9.17, 15) is 4.79 Å². The molecule has 0 radical (unpaired) electrons. The number of nitrogens with zero attached hydrogens (tertiary/aromatic N) is 6. The summed E-state index contributed by atoms with van der Waals surface area (Å²) in [5.41, 5.74) is 2.56. The Labute approximate surface area is 172 Å². The maximum atomic E-state index is 12.6. The van der Waals surface area contributed by atoms with Gasteiger partial charge >= 0.3 is 0 Å². The van der Waals surface area contributed by atoms with Crippen molar-refractivity contribution in [2.45, 2.75) is 19.4 Å². The number of carbonyl (C=O) groups is 1. The first-order chi connectivity index (χ1) is 14.8. The summed E-state index contributed by atoms with van der Waals surface area (Å²) in [5.74, 6) is 1.23. The van der Waals surface area contributed by atoms with Crippen LogP contribution in [0.4, 0.5) is 11.5 Å². The van der Waals surface area contributed by atoms with E-state index in [-0.39, 0.29) is 12.2 Å². The van der Waals surface area contributed by atoms with Crippen molar-refractivity contribution in [3.8, 4) is 0 Å². The normalized spacial score (nSPS) is 17.5. The molecule has 30 heavy (non-hydrogen) atoms. The molecule has 0 bridgehead atoms. The summed E-state index contributed by atoms with van der Waals surface area (Å²) in [6.07, 6.45) is 10.2. The topological polar surface area (TPSA) is 98.2 Å². The van der Waals surface area contributed by atoms with Crippen LogP contribution < -0.4 is 5.32 Å². The fraction of sp³-hybridized carbons (Fsp3) is 0.286. The zero-order chi connectivity index (χ0) is 20.3. The van der Waals surface area contributed by atoms with E-state index < -0.39 is 0 Å². The van der Waals surface area contributed by atoms with Crippen molar-refractivity contribution in [1.29, 1.82) is 0 Å². The fourth-order valence-electron chi connectivity index (χ4n) is 3.53. The van der Waals surface area contributed by atoms with E-state index in [1.54, 1.807) is 23.1 Å². The number of hydrogen-bond acceptors (Lipinski definition) is 7. The molecule has 0 fully saturated rings. The number of rotatable bonds is 6. The first-order valence-corrected chi connectivity index (χ1v) is 9.95. The number of ether oxygens (including phenoxy) is 1. The predicted molar refractivity (Wildman–Crippen MR) is 114 cm³/mol. The van der Waals surface area contributed by atoms with Crippen LogP contribution in [0.3, 0.4) is 0 Å². The highest BCUT2D eigenvalue weighted by atomic mass is 16.5. The largest absolute Gasteiger partial charge is 0.490 e. The van der Waals surface area contributed by atoms with E-state index in [0.29, 0.717) is 41.8 Å². The van der Waals surface area contributed by atoms with Crippen LogP contribution in [-0.2, 0) is 16.1 Å². The Morgan fingerprint density at radius 1 is 1.27 bits per heavy atom. The number of fused-ring (bicyclic) bond motifs is 2. The highest BCUT2D eigenvalue weighted by Crippen LogP contribution is 2.31. The zero-order valence-electron chi connectivity index (χ0n) is 16.4. The van der Waals surface area contributed by atoms with Gasteiger partial charge < -0.3 is 14.6 Å². The molecule has 3 aromatic heterocycles. The highest BCUT2D eigenvalue weighted by Gasteiger charge is 2.26. The van der Waals surface area contributed by atoms with Gasteiger partial charge in [-0.15, -0.1) is 5.10 Å². The highest BCUT2D eigenvalue weighted by molar-refractivity contribution is 6.51. The second-order valence-corrected chi connectivity index (χ2v) is 7.09. The lowest BCUT2D eigenvalue weighted by Gasteiger charge is -2.20. The van der Waals surface area contributed by atoms with Crippen molar-refractivity contribution in [3.05, 3.63) is 55.0 Å². The van der Waals surface area contributed by atoms with E-state index in [1.165, 1.54) is 0 Å². The van der Waals surface area contributed by atoms with E-state index in [0.717, 1.165) is 25.0 Å². The van der Waals surface area contributed by atoms with Crippen LogP contribution in [0, 0.1) is 0 Å². The third-order valence-electron chi connectivity index (χ3n) is 5.01. The van der Waals surface area contributed by atoms with Gasteiger partial charge in [-0.1, -0.05) is 6.07 Å². The monoisotopic (exact) mass is 403 g/mol. The van der Waals surface area contributed by atoms with Gasteiger partial charge in [0.05, 0.1) is 30.5 Å². The minimum Gasteiger partial charge on any atom is -0.490 e. The Morgan fingerprint density at radius 3 is 3.13 bits per heavy atom. The average molecular weight is 403 g/mol. The minimum absolute atomic E-state index is 0.0654. The van der Waals surface area contributed by atoms with Gasteiger partial charge in [0.25, 0.3) is 0 Å². The smallest absolute Gasteiger partial charge is 0.187 e. The lowest BCUT2D eigenvalue weighted by molar-refractivity contribution is -0.112. The number of aryl methyl sites for hydroxylation is 1. The number of anilines is 1. The Bertz CT molecular complexity index is 1170. The molecule has 0 unspecified atom stereocenters. The van der Waals surface area contributed by atoms with Crippen molar-refractivity contribution in [3.63, 3.8) is 0 Å². The van der Waals surface area contributed by atoms with E-state index >= 15 is 0 Å².